The number of nitrogens with one attached hydrogen (secondary N) is 1. The van der Waals surface area contributed by atoms with Gasteiger partial charge in [0.05, 0.1) is 3.57 Å². The van der Waals surface area contributed by atoms with Gasteiger partial charge in [-0.3, -0.25) is 0 Å². The Bertz CT molecular complexity index is 289. The Balaban J connectivity index is 2.74. The Kier molecular flexibility index (Phi) is 5.14. The van der Waals surface area contributed by atoms with Crippen LogP contribution in [0.5, 0.6) is 0 Å². The largest absolute Gasteiger partial charge is 0.369 e. The lowest BCUT2D eigenvalue weighted by Gasteiger charge is -2.07. The maximum absolute atomic E-state index is 4.47. The molecule has 1 heterocycles. The minimum Gasteiger partial charge on any atom is -0.369 e. The molecule has 1 N–H and O–H groups in total. The first kappa shape index (κ1) is 11.7. The van der Waals surface area contributed by atoms with Crippen molar-refractivity contribution in [3.8, 4) is 0 Å². The molecule has 3 nitrogen and oxygen atoms in total. The third-order valence-electron chi connectivity index (χ3n) is 1.81. The van der Waals surface area contributed by atoms with E-state index >= 15 is 0 Å². The molecular weight excluding hydrogens is 289 g/mol. The zero-order valence-electron chi connectivity index (χ0n) is 8.68. The van der Waals surface area contributed by atoms with Gasteiger partial charge in [0.2, 0.25) is 0 Å². The van der Waals surface area contributed by atoms with Crippen molar-refractivity contribution in [1.82, 2.24) is 9.97 Å². The molecule has 0 radical (unpaired) electrons. The third-order valence-corrected chi connectivity index (χ3v) is 2.60. The van der Waals surface area contributed by atoms with E-state index in [0.717, 1.165) is 41.0 Å². The zero-order chi connectivity index (χ0) is 10.4. The molecule has 78 valence electrons. The predicted molar refractivity (Wildman–Crippen MR) is 67.5 cm³/mol. The molecule has 0 atom stereocenters. The summed E-state index contributed by atoms with van der Waals surface area (Å²) in [7, 11) is 0. The van der Waals surface area contributed by atoms with Crippen LogP contribution in [-0.2, 0) is 6.42 Å². The van der Waals surface area contributed by atoms with Crippen LogP contribution in [0.2, 0.25) is 0 Å². The highest BCUT2D eigenvalue weighted by atomic mass is 127. The predicted octanol–water partition coefficient (Wildman–Crippen LogP) is 2.86. The normalized spacial score (nSPS) is 10.2. The molecule has 0 amide bonds. The molecular formula is C10H16IN3. The fourth-order valence-corrected chi connectivity index (χ4v) is 1.57. The zero-order valence-corrected chi connectivity index (χ0v) is 10.8. The molecule has 0 aliphatic carbocycles. The summed E-state index contributed by atoms with van der Waals surface area (Å²) in [6.45, 7) is 5.26. The van der Waals surface area contributed by atoms with Crippen molar-refractivity contribution in [1.29, 1.82) is 0 Å². The first-order valence-corrected chi connectivity index (χ1v) is 6.11. The van der Waals surface area contributed by atoms with Crippen LogP contribution < -0.4 is 5.32 Å². The molecule has 1 aromatic heterocycles. The Morgan fingerprint density at radius 3 is 2.79 bits per heavy atom. The van der Waals surface area contributed by atoms with Crippen LogP contribution in [0.15, 0.2) is 6.20 Å². The minimum absolute atomic E-state index is 0.937. The molecule has 1 rings (SSSR count). The van der Waals surface area contributed by atoms with Gasteiger partial charge in [-0.25, -0.2) is 9.97 Å². The maximum atomic E-state index is 4.47. The van der Waals surface area contributed by atoms with Crippen molar-refractivity contribution < 1.29 is 0 Å². The average molecular weight is 305 g/mol. The quantitative estimate of drug-likeness (QED) is 0.850. The molecule has 0 aromatic carbocycles. The van der Waals surface area contributed by atoms with Crippen molar-refractivity contribution in [2.75, 3.05) is 11.9 Å². The van der Waals surface area contributed by atoms with Crippen LogP contribution in [-0.4, -0.2) is 16.5 Å². The number of nitrogens with zero attached hydrogens (tertiary/aromatic N) is 2. The molecule has 0 bridgehead atoms. The number of halogens is 1. The van der Waals surface area contributed by atoms with Gasteiger partial charge in [-0.05, 0) is 35.4 Å². The number of hydrogen-bond acceptors (Lipinski definition) is 3. The Morgan fingerprint density at radius 2 is 2.14 bits per heavy atom. The number of anilines is 1. The first-order valence-electron chi connectivity index (χ1n) is 5.03. The highest BCUT2D eigenvalue weighted by Crippen LogP contribution is 2.14. The molecule has 0 saturated carbocycles. The smallest absolute Gasteiger partial charge is 0.143 e. The third kappa shape index (κ3) is 3.40. The SMILES string of the molecule is CCCNc1nc(CCC)ncc1I. The number of rotatable bonds is 5. The second kappa shape index (κ2) is 6.16. The van der Waals surface area contributed by atoms with Gasteiger partial charge in [0.1, 0.15) is 11.6 Å². The van der Waals surface area contributed by atoms with E-state index < -0.39 is 0 Å². The molecule has 0 aliphatic heterocycles. The lowest BCUT2D eigenvalue weighted by atomic mass is 10.3. The van der Waals surface area contributed by atoms with Crippen molar-refractivity contribution in [2.24, 2.45) is 0 Å². The second-order valence-electron chi connectivity index (χ2n) is 3.16. The van der Waals surface area contributed by atoms with Gasteiger partial charge >= 0.3 is 0 Å². The van der Waals surface area contributed by atoms with Gasteiger partial charge < -0.3 is 5.32 Å². The number of aryl methyl sites for hydroxylation is 1. The monoisotopic (exact) mass is 305 g/mol. The second-order valence-corrected chi connectivity index (χ2v) is 4.32. The van der Waals surface area contributed by atoms with Gasteiger partial charge in [0.15, 0.2) is 0 Å². The molecule has 1 aromatic rings. The van der Waals surface area contributed by atoms with E-state index in [1.165, 1.54) is 0 Å². The summed E-state index contributed by atoms with van der Waals surface area (Å²) in [5, 5.41) is 3.30. The van der Waals surface area contributed by atoms with E-state index in [4.69, 9.17) is 0 Å². The molecule has 14 heavy (non-hydrogen) atoms. The van der Waals surface area contributed by atoms with E-state index in [0.29, 0.717) is 0 Å². The summed E-state index contributed by atoms with van der Waals surface area (Å²) in [5.74, 6) is 1.91. The van der Waals surface area contributed by atoms with Crippen molar-refractivity contribution in [3.63, 3.8) is 0 Å². The molecule has 0 saturated heterocycles. The molecule has 4 heteroatoms. The van der Waals surface area contributed by atoms with Crippen molar-refractivity contribution in [3.05, 3.63) is 15.6 Å². The van der Waals surface area contributed by atoms with E-state index in [-0.39, 0.29) is 0 Å². The first-order chi connectivity index (χ1) is 6.77. The van der Waals surface area contributed by atoms with E-state index in [9.17, 15) is 0 Å². The molecule has 0 spiro atoms. The molecule has 0 unspecified atom stereocenters. The van der Waals surface area contributed by atoms with Gasteiger partial charge in [0.25, 0.3) is 0 Å². The summed E-state index contributed by atoms with van der Waals surface area (Å²) in [6, 6.07) is 0. The summed E-state index contributed by atoms with van der Waals surface area (Å²) in [4.78, 5) is 8.75. The highest BCUT2D eigenvalue weighted by molar-refractivity contribution is 14.1. The van der Waals surface area contributed by atoms with E-state index in [1.807, 2.05) is 6.20 Å². The van der Waals surface area contributed by atoms with Gasteiger partial charge in [-0.15, -0.1) is 0 Å². The van der Waals surface area contributed by atoms with Crippen LogP contribution in [0.4, 0.5) is 5.82 Å². The van der Waals surface area contributed by atoms with Crippen LogP contribution in [0.3, 0.4) is 0 Å². The Hall–Kier alpha value is -0.390. The van der Waals surface area contributed by atoms with Crippen LogP contribution in [0.25, 0.3) is 0 Å². The van der Waals surface area contributed by atoms with Crippen LogP contribution >= 0.6 is 22.6 Å². The summed E-state index contributed by atoms with van der Waals surface area (Å²) in [5.41, 5.74) is 0. The number of hydrogen-bond donors (Lipinski definition) is 1. The van der Waals surface area contributed by atoms with Crippen molar-refractivity contribution in [2.45, 2.75) is 33.1 Å². The molecule has 0 aliphatic rings. The summed E-state index contributed by atoms with van der Waals surface area (Å²) in [6.07, 6.45) is 5.05. The Labute approximate surface area is 98.9 Å². The standard InChI is InChI=1S/C10H16IN3/c1-3-5-9-13-7-8(11)10(14-9)12-6-4-2/h7H,3-6H2,1-2H3,(H,12,13,14). The van der Waals surface area contributed by atoms with Crippen molar-refractivity contribution >= 4 is 28.4 Å². The van der Waals surface area contributed by atoms with Gasteiger partial charge in [-0.1, -0.05) is 13.8 Å². The summed E-state index contributed by atoms with van der Waals surface area (Å²) < 4.78 is 1.09. The lowest BCUT2D eigenvalue weighted by molar-refractivity contribution is 0.829. The van der Waals surface area contributed by atoms with E-state index in [2.05, 4.69) is 51.7 Å². The summed E-state index contributed by atoms with van der Waals surface area (Å²) >= 11 is 2.26. The number of aromatic nitrogens is 2. The van der Waals surface area contributed by atoms with Gasteiger partial charge in [0, 0.05) is 19.2 Å². The molecule has 0 fully saturated rings. The van der Waals surface area contributed by atoms with Gasteiger partial charge in [-0.2, -0.15) is 0 Å². The maximum Gasteiger partial charge on any atom is 0.143 e. The fourth-order valence-electron chi connectivity index (χ4n) is 1.12. The van der Waals surface area contributed by atoms with Crippen LogP contribution in [0, 0.1) is 3.57 Å². The highest BCUT2D eigenvalue weighted by Gasteiger charge is 2.02. The topological polar surface area (TPSA) is 37.8 Å². The Morgan fingerprint density at radius 1 is 1.36 bits per heavy atom. The average Bonchev–Trinajstić information content (AvgIpc) is 2.19. The minimum atomic E-state index is 0.937. The fraction of sp³-hybridized carbons (Fsp3) is 0.600. The lowest BCUT2D eigenvalue weighted by Crippen LogP contribution is -2.06. The van der Waals surface area contributed by atoms with Crippen LogP contribution in [0.1, 0.15) is 32.5 Å². The van der Waals surface area contributed by atoms with E-state index in [1.54, 1.807) is 0 Å².